The first-order chi connectivity index (χ1) is 14.1. The van der Waals surface area contributed by atoms with Crippen LogP contribution in [0.1, 0.15) is 15.9 Å². The predicted octanol–water partition coefficient (Wildman–Crippen LogP) is 4.11. The standard InChI is InChI=1S/C23H23FN4O/c1-17-3-2-4-20(15-17)27-11-13-28(14-12-27)21-9-10-22(25-16-21)26-23(29)18-5-7-19(24)8-6-18/h2-10,15-16H,11-14H2,1H3,(H,25,26,29). The Morgan fingerprint density at radius 3 is 2.24 bits per heavy atom. The lowest BCUT2D eigenvalue weighted by Crippen LogP contribution is -2.46. The number of carbonyl (C=O) groups is 1. The van der Waals surface area contributed by atoms with Crippen molar-refractivity contribution in [3.05, 3.63) is 83.8 Å². The van der Waals surface area contributed by atoms with Gasteiger partial charge in [0.1, 0.15) is 11.6 Å². The van der Waals surface area contributed by atoms with Crippen LogP contribution in [0.4, 0.5) is 21.6 Å². The second-order valence-corrected chi connectivity index (χ2v) is 7.18. The van der Waals surface area contributed by atoms with Crippen molar-refractivity contribution in [2.75, 3.05) is 41.3 Å². The van der Waals surface area contributed by atoms with E-state index in [2.05, 4.69) is 51.3 Å². The number of halogens is 1. The van der Waals surface area contributed by atoms with Crippen LogP contribution in [0.3, 0.4) is 0 Å². The van der Waals surface area contributed by atoms with Gasteiger partial charge in [-0.2, -0.15) is 0 Å². The summed E-state index contributed by atoms with van der Waals surface area (Å²) in [5, 5.41) is 2.74. The van der Waals surface area contributed by atoms with Gasteiger partial charge < -0.3 is 15.1 Å². The highest BCUT2D eigenvalue weighted by molar-refractivity contribution is 6.03. The van der Waals surface area contributed by atoms with Crippen LogP contribution in [0.2, 0.25) is 0 Å². The molecule has 4 rings (SSSR count). The Hall–Kier alpha value is -3.41. The fraction of sp³-hybridized carbons (Fsp3) is 0.217. The van der Waals surface area contributed by atoms with Crippen LogP contribution in [0, 0.1) is 12.7 Å². The van der Waals surface area contributed by atoms with Crippen molar-refractivity contribution in [1.29, 1.82) is 0 Å². The molecule has 1 aromatic heterocycles. The van der Waals surface area contributed by atoms with Gasteiger partial charge in [-0.05, 0) is 61.0 Å². The first kappa shape index (κ1) is 18.9. The molecular formula is C23H23FN4O. The molecule has 1 N–H and O–H groups in total. The zero-order chi connectivity index (χ0) is 20.2. The molecule has 0 atom stereocenters. The number of hydrogen-bond donors (Lipinski definition) is 1. The van der Waals surface area contributed by atoms with Gasteiger partial charge in [0.25, 0.3) is 5.91 Å². The van der Waals surface area contributed by atoms with Crippen LogP contribution < -0.4 is 15.1 Å². The number of nitrogens with one attached hydrogen (secondary N) is 1. The number of carbonyl (C=O) groups excluding carboxylic acids is 1. The molecule has 1 amide bonds. The fourth-order valence-corrected chi connectivity index (χ4v) is 3.48. The summed E-state index contributed by atoms with van der Waals surface area (Å²) in [6.07, 6.45) is 1.78. The molecule has 2 heterocycles. The number of pyridine rings is 1. The van der Waals surface area contributed by atoms with Crippen molar-refractivity contribution in [3.8, 4) is 0 Å². The molecule has 29 heavy (non-hydrogen) atoms. The Kier molecular flexibility index (Phi) is 5.42. The SMILES string of the molecule is Cc1cccc(N2CCN(c3ccc(NC(=O)c4ccc(F)cc4)nc3)CC2)c1. The molecule has 0 saturated carbocycles. The third-order valence-corrected chi connectivity index (χ3v) is 5.11. The van der Waals surface area contributed by atoms with Crippen molar-refractivity contribution in [3.63, 3.8) is 0 Å². The minimum atomic E-state index is -0.369. The molecule has 148 valence electrons. The van der Waals surface area contributed by atoms with E-state index in [4.69, 9.17) is 0 Å². The van der Waals surface area contributed by atoms with E-state index in [9.17, 15) is 9.18 Å². The summed E-state index contributed by atoms with van der Waals surface area (Å²) in [5.74, 6) is -0.204. The summed E-state index contributed by atoms with van der Waals surface area (Å²) >= 11 is 0. The second-order valence-electron chi connectivity index (χ2n) is 7.18. The molecule has 1 aliphatic heterocycles. The van der Waals surface area contributed by atoms with Gasteiger partial charge in [0, 0.05) is 37.4 Å². The Morgan fingerprint density at radius 1 is 0.931 bits per heavy atom. The molecule has 6 heteroatoms. The molecule has 0 radical (unpaired) electrons. The first-order valence-electron chi connectivity index (χ1n) is 9.68. The highest BCUT2D eigenvalue weighted by Crippen LogP contribution is 2.22. The van der Waals surface area contributed by atoms with E-state index in [0.717, 1.165) is 31.9 Å². The normalized spacial score (nSPS) is 14.0. The molecule has 5 nitrogen and oxygen atoms in total. The topological polar surface area (TPSA) is 48.5 Å². The second kappa shape index (κ2) is 8.31. The Morgan fingerprint density at radius 2 is 1.62 bits per heavy atom. The number of piperazine rings is 1. The van der Waals surface area contributed by atoms with Crippen molar-refractivity contribution in [1.82, 2.24) is 4.98 Å². The lowest BCUT2D eigenvalue weighted by atomic mass is 10.2. The number of benzene rings is 2. The minimum Gasteiger partial charge on any atom is -0.368 e. The smallest absolute Gasteiger partial charge is 0.256 e. The summed E-state index contributed by atoms with van der Waals surface area (Å²) in [7, 11) is 0. The lowest BCUT2D eigenvalue weighted by molar-refractivity contribution is 0.102. The van der Waals surface area contributed by atoms with E-state index >= 15 is 0 Å². The number of aryl methyl sites for hydroxylation is 1. The van der Waals surface area contributed by atoms with Gasteiger partial charge in [-0.15, -0.1) is 0 Å². The lowest BCUT2D eigenvalue weighted by Gasteiger charge is -2.37. The van der Waals surface area contributed by atoms with Crippen LogP contribution in [0.25, 0.3) is 0 Å². The maximum Gasteiger partial charge on any atom is 0.256 e. The zero-order valence-electron chi connectivity index (χ0n) is 16.3. The summed E-state index contributed by atoms with van der Waals surface area (Å²) in [4.78, 5) is 21.3. The van der Waals surface area contributed by atoms with Crippen molar-refractivity contribution < 1.29 is 9.18 Å². The molecule has 0 aliphatic carbocycles. The monoisotopic (exact) mass is 390 g/mol. The summed E-state index contributed by atoms with van der Waals surface area (Å²) in [6, 6.07) is 17.8. The molecule has 0 bridgehead atoms. The third kappa shape index (κ3) is 4.54. The largest absolute Gasteiger partial charge is 0.368 e. The summed E-state index contributed by atoms with van der Waals surface area (Å²) < 4.78 is 13.0. The average Bonchev–Trinajstić information content (AvgIpc) is 2.75. The maximum absolute atomic E-state index is 13.0. The summed E-state index contributed by atoms with van der Waals surface area (Å²) in [5.41, 5.74) is 3.97. The van der Waals surface area contributed by atoms with Crippen LogP contribution in [0.5, 0.6) is 0 Å². The number of nitrogens with zero attached hydrogens (tertiary/aromatic N) is 3. The van der Waals surface area contributed by atoms with Crippen LogP contribution in [-0.2, 0) is 0 Å². The molecule has 3 aromatic rings. The molecular weight excluding hydrogens is 367 g/mol. The Balaban J connectivity index is 1.35. The quantitative estimate of drug-likeness (QED) is 0.728. The zero-order valence-corrected chi connectivity index (χ0v) is 16.3. The van der Waals surface area contributed by atoms with E-state index < -0.39 is 0 Å². The highest BCUT2D eigenvalue weighted by atomic mass is 19.1. The van der Waals surface area contributed by atoms with Crippen LogP contribution >= 0.6 is 0 Å². The van der Waals surface area contributed by atoms with E-state index in [1.54, 1.807) is 12.3 Å². The van der Waals surface area contributed by atoms with Gasteiger partial charge in [-0.25, -0.2) is 9.37 Å². The highest BCUT2D eigenvalue weighted by Gasteiger charge is 2.18. The Labute approximate surface area is 169 Å². The van der Waals surface area contributed by atoms with Crippen LogP contribution in [-0.4, -0.2) is 37.1 Å². The number of rotatable bonds is 4. The van der Waals surface area contributed by atoms with Crippen molar-refractivity contribution in [2.45, 2.75) is 6.92 Å². The van der Waals surface area contributed by atoms with Gasteiger partial charge in [0.2, 0.25) is 0 Å². The van der Waals surface area contributed by atoms with Crippen molar-refractivity contribution in [2.24, 2.45) is 0 Å². The molecule has 0 unspecified atom stereocenters. The van der Waals surface area contributed by atoms with Gasteiger partial charge in [-0.1, -0.05) is 12.1 Å². The van der Waals surface area contributed by atoms with Gasteiger partial charge >= 0.3 is 0 Å². The van der Waals surface area contributed by atoms with E-state index in [1.165, 1.54) is 35.5 Å². The average molecular weight is 390 g/mol. The summed E-state index contributed by atoms with van der Waals surface area (Å²) in [6.45, 7) is 5.84. The van der Waals surface area contributed by atoms with Gasteiger partial charge in [-0.3, -0.25) is 4.79 Å². The van der Waals surface area contributed by atoms with E-state index in [1.807, 2.05) is 6.07 Å². The van der Waals surface area contributed by atoms with Crippen molar-refractivity contribution >= 4 is 23.1 Å². The number of anilines is 3. The molecule has 2 aromatic carbocycles. The van der Waals surface area contributed by atoms with Crippen LogP contribution in [0.15, 0.2) is 66.9 Å². The van der Waals surface area contributed by atoms with Gasteiger partial charge in [0.05, 0.1) is 11.9 Å². The number of hydrogen-bond acceptors (Lipinski definition) is 4. The first-order valence-corrected chi connectivity index (χ1v) is 9.68. The maximum atomic E-state index is 13.0. The number of aromatic nitrogens is 1. The predicted molar refractivity (Wildman–Crippen MR) is 114 cm³/mol. The third-order valence-electron chi connectivity index (χ3n) is 5.11. The van der Waals surface area contributed by atoms with E-state index in [-0.39, 0.29) is 11.7 Å². The van der Waals surface area contributed by atoms with E-state index in [0.29, 0.717) is 11.4 Å². The fourth-order valence-electron chi connectivity index (χ4n) is 3.48. The van der Waals surface area contributed by atoms with Gasteiger partial charge in [0.15, 0.2) is 0 Å². The number of amides is 1. The molecule has 0 spiro atoms. The minimum absolute atomic E-state index is 0.308. The molecule has 1 aliphatic rings. The Bertz CT molecular complexity index is 981. The molecule has 1 saturated heterocycles. The molecule has 1 fully saturated rings.